The summed E-state index contributed by atoms with van der Waals surface area (Å²) in [5.41, 5.74) is 4.49. The van der Waals surface area contributed by atoms with Crippen molar-refractivity contribution in [3.63, 3.8) is 0 Å². The Morgan fingerprint density at radius 1 is 1.28 bits per heavy atom. The van der Waals surface area contributed by atoms with Crippen molar-refractivity contribution >= 4 is 28.4 Å². The first-order valence-electron chi connectivity index (χ1n) is 9.68. The van der Waals surface area contributed by atoms with E-state index in [0.717, 1.165) is 27.6 Å². The highest BCUT2D eigenvalue weighted by Crippen LogP contribution is 2.35. The number of hydrogen-bond acceptors (Lipinski definition) is 5. The van der Waals surface area contributed by atoms with Gasteiger partial charge < -0.3 is 14.7 Å². The number of aliphatic hydroxyl groups excluding tert-OH is 1. The molecule has 0 aliphatic carbocycles. The molecule has 2 aromatic heterocycles. The third-order valence-corrected chi connectivity index (χ3v) is 6.00. The molecule has 6 nitrogen and oxygen atoms in total. The van der Waals surface area contributed by atoms with Crippen LogP contribution in [-0.4, -0.2) is 51.2 Å². The standard InChI is InChI=1S/C22H20ClN3O3/c23-20-4-3-13(10-25-20)8-14-9-16-17(21-15(14)2-1-6-24-21)11-26(22(16)28)18-5-7-29-12-19(18)27/h1-4,6,9-10,18-19,27H,5,7-8,11-12H2. The third kappa shape index (κ3) is 3.27. The Morgan fingerprint density at radius 2 is 2.17 bits per heavy atom. The largest absolute Gasteiger partial charge is 0.389 e. The summed E-state index contributed by atoms with van der Waals surface area (Å²) in [4.78, 5) is 23.8. The van der Waals surface area contributed by atoms with Gasteiger partial charge in [-0.1, -0.05) is 23.7 Å². The number of fused-ring (bicyclic) bond motifs is 3. The van der Waals surface area contributed by atoms with E-state index in [1.807, 2.05) is 24.3 Å². The van der Waals surface area contributed by atoms with E-state index in [9.17, 15) is 9.90 Å². The van der Waals surface area contributed by atoms with E-state index >= 15 is 0 Å². The van der Waals surface area contributed by atoms with Gasteiger partial charge in [-0.05, 0) is 42.2 Å². The summed E-state index contributed by atoms with van der Waals surface area (Å²) in [7, 11) is 0. The second-order valence-corrected chi connectivity index (χ2v) is 7.95. The van der Waals surface area contributed by atoms with Crippen LogP contribution >= 0.6 is 11.6 Å². The summed E-state index contributed by atoms with van der Waals surface area (Å²) in [5, 5.41) is 11.8. The van der Waals surface area contributed by atoms with Crippen molar-refractivity contribution in [1.29, 1.82) is 0 Å². The Kier molecular flexibility index (Phi) is 4.70. The van der Waals surface area contributed by atoms with Gasteiger partial charge >= 0.3 is 0 Å². The van der Waals surface area contributed by atoms with Gasteiger partial charge in [-0.3, -0.25) is 9.78 Å². The maximum Gasteiger partial charge on any atom is 0.254 e. The fourth-order valence-corrected chi connectivity index (χ4v) is 4.45. The van der Waals surface area contributed by atoms with Crippen LogP contribution in [0.15, 0.2) is 42.7 Å². The monoisotopic (exact) mass is 409 g/mol. The number of carbonyl (C=O) groups excluding carboxylic acids is 1. The molecule has 0 radical (unpaired) electrons. The molecule has 2 unspecified atom stereocenters. The van der Waals surface area contributed by atoms with Crippen molar-refractivity contribution in [3.05, 3.63) is 70.1 Å². The lowest BCUT2D eigenvalue weighted by atomic mass is 9.95. The van der Waals surface area contributed by atoms with Crippen molar-refractivity contribution in [3.8, 4) is 0 Å². The average molecular weight is 410 g/mol. The molecule has 0 bridgehead atoms. The summed E-state index contributed by atoms with van der Waals surface area (Å²) in [6.07, 6.45) is 4.11. The maximum atomic E-state index is 13.3. The predicted octanol–water partition coefficient (Wildman–Crippen LogP) is 2.98. The molecule has 1 aromatic carbocycles. The Bertz CT molecular complexity index is 1090. The van der Waals surface area contributed by atoms with Crippen LogP contribution in [0.3, 0.4) is 0 Å². The molecule has 148 valence electrons. The zero-order valence-electron chi connectivity index (χ0n) is 15.7. The molecule has 2 atom stereocenters. The minimum atomic E-state index is -0.666. The van der Waals surface area contributed by atoms with Crippen LogP contribution in [0.5, 0.6) is 0 Å². The van der Waals surface area contributed by atoms with Gasteiger partial charge in [-0.15, -0.1) is 0 Å². The van der Waals surface area contributed by atoms with Crippen LogP contribution in [0, 0.1) is 0 Å². The van der Waals surface area contributed by atoms with Gasteiger partial charge in [-0.25, -0.2) is 4.98 Å². The number of pyridine rings is 2. The zero-order chi connectivity index (χ0) is 20.0. The van der Waals surface area contributed by atoms with E-state index < -0.39 is 6.10 Å². The van der Waals surface area contributed by atoms with Gasteiger partial charge in [0.15, 0.2) is 0 Å². The first-order valence-corrected chi connectivity index (χ1v) is 10.1. The number of aliphatic hydroxyl groups is 1. The van der Waals surface area contributed by atoms with Gasteiger partial charge in [0.1, 0.15) is 5.15 Å². The van der Waals surface area contributed by atoms with Gasteiger partial charge in [0.05, 0.1) is 24.3 Å². The van der Waals surface area contributed by atoms with Crippen molar-refractivity contribution in [2.24, 2.45) is 0 Å². The van der Waals surface area contributed by atoms with Crippen molar-refractivity contribution < 1.29 is 14.6 Å². The highest BCUT2D eigenvalue weighted by Gasteiger charge is 2.39. The molecule has 29 heavy (non-hydrogen) atoms. The molecule has 2 aliphatic rings. The molecular weight excluding hydrogens is 390 g/mol. The molecule has 1 amide bonds. The fourth-order valence-electron chi connectivity index (χ4n) is 4.34. The molecule has 3 aromatic rings. The number of benzene rings is 1. The smallest absolute Gasteiger partial charge is 0.254 e. The van der Waals surface area contributed by atoms with Crippen LogP contribution in [0.4, 0.5) is 0 Å². The molecule has 1 saturated heterocycles. The Balaban J connectivity index is 1.56. The van der Waals surface area contributed by atoms with Crippen LogP contribution in [-0.2, 0) is 17.7 Å². The molecule has 0 spiro atoms. The van der Waals surface area contributed by atoms with E-state index in [4.69, 9.17) is 16.3 Å². The molecule has 7 heteroatoms. The average Bonchev–Trinajstić information content (AvgIpc) is 3.07. The molecule has 5 rings (SSSR count). The maximum absolute atomic E-state index is 13.3. The summed E-state index contributed by atoms with van der Waals surface area (Å²) in [6.45, 7) is 1.28. The van der Waals surface area contributed by atoms with E-state index in [2.05, 4.69) is 9.97 Å². The van der Waals surface area contributed by atoms with Gasteiger partial charge in [0.2, 0.25) is 0 Å². The number of halogens is 1. The molecule has 2 aliphatic heterocycles. The first-order chi connectivity index (χ1) is 14.1. The number of rotatable bonds is 3. The number of hydrogen-bond donors (Lipinski definition) is 1. The normalized spacial score (nSPS) is 21.6. The fraction of sp³-hybridized carbons (Fsp3) is 0.318. The minimum absolute atomic E-state index is 0.0472. The van der Waals surface area contributed by atoms with Gasteiger partial charge in [-0.2, -0.15) is 0 Å². The SMILES string of the molecule is O=C1c2cc(Cc3ccc(Cl)nc3)c3cccnc3c2CN1C1CCOCC1O. The van der Waals surface area contributed by atoms with Crippen LogP contribution in [0.1, 0.15) is 33.5 Å². The lowest BCUT2D eigenvalue weighted by Crippen LogP contribution is -2.49. The molecular formula is C22H20ClN3O3. The molecule has 1 fully saturated rings. The summed E-state index contributed by atoms with van der Waals surface area (Å²) in [5.74, 6) is -0.0472. The second kappa shape index (κ2) is 7.37. The summed E-state index contributed by atoms with van der Waals surface area (Å²) < 4.78 is 5.33. The van der Waals surface area contributed by atoms with E-state index in [1.54, 1.807) is 23.4 Å². The summed E-state index contributed by atoms with van der Waals surface area (Å²) in [6, 6.07) is 9.40. The quantitative estimate of drug-likeness (QED) is 0.673. The second-order valence-electron chi connectivity index (χ2n) is 7.56. The highest BCUT2D eigenvalue weighted by atomic mass is 35.5. The number of aromatic nitrogens is 2. The molecule has 0 saturated carbocycles. The van der Waals surface area contributed by atoms with E-state index in [0.29, 0.717) is 36.7 Å². The minimum Gasteiger partial charge on any atom is -0.389 e. The number of carbonyl (C=O) groups is 1. The van der Waals surface area contributed by atoms with E-state index in [-0.39, 0.29) is 18.6 Å². The zero-order valence-corrected chi connectivity index (χ0v) is 16.5. The predicted molar refractivity (Wildman–Crippen MR) is 109 cm³/mol. The number of ether oxygens (including phenoxy) is 1. The van der Waals surface area contributed by atoms with Gasteiger partial charge in [0.25, 0.3) is 5.91 Å². The number of nitrogens with zero attached hydrogens (tertiary/aromatic N) is 3. The Hall–Kier alpha value is -2.54. The van der Waals surface area contributed by atoms with Crippen LogP contribution in [0.25, 0.3) is 10.9 Å². The van der Waals surface area contributed by atoms with Crippen molar-refractivity contribution in [1.82, 2.24) is 14.9 Å². The molecule has 4 heterocycles. The Morgan fingerprint density at radius 3 is 2.97 bits per heavy atom. The highest BCUT2D eigenvalue weighted by molar-refractivity contribution is 6.29. The third-order valence-electron chi connectivity index (χ3n) is 5.78. The summed E-state index contributed by atoms with van der Waals surface area (Å²) >= 11 is 5.91. The molecule has 1 N–H and O–H groups in total. The van der Waals surface area contributed by atoms with Crippen LogP contribution < -0.4 is 0 Å². The van der Waals surface area contributed by atoms with E-state index in [1.165, 1.54) is 0 Å². The Labute approximate surface area is 173 Å². The lowest BCUT2D eigenvalue weighted by molar-refractivity contribution is -0.0571. The number of amides is 1. The van der Waals surface area contributed by atoms with Crippen molar-refractivity contribution in [2.75, 3.05) is 13.2 Å². The topological polar surface area (TPSA) is 75.6 Å². The van der Waals surface area contributed by atoms with Crippen molar-refractivity contribution in [2.45, 2.75) is 31.5 Å². The lowest BCUT2D eigenvalue weighted by Gasteiger charge is -2.34. The van der Waals surface area contributed by atoms with Crippen LogP contribution in [0.2, 0.25) is 5.15 Å². The van der Waals surface area contributed by atoms with Gasteiger partial charge in [0, 0.05) is 42.1 Å². The first kappa shape index (κ1) is 18.5.